The molecule has 1 amide bonds. The number of nitrogens with zero attached hydrogens (tertiary/aromatic N) is 1. The van der Waals surface area contributed by atoms with Gasteiger partial charge in [-0.05, 0) is 12.5 Å². The van der Waals surface area contributed by atoms with Crippen molar-refractivity contribution in [1.82, 2.24) is 15.3 Å². The molecule has 1 heterocycles. The number of thioether (sulfide) groups is 1. The van der Waals surface area contributed by atoms with Gasteiger partial charge in [0.2, 0.25) is 5.91 Å². The van der Waals surface area contributed by atoms with Crippen molar-refractivity contribution in [3.05, 3.63) is 59.7 Å². The molecule has 0 unspecified atom stereocenters. The predicted octanol–water partition coefficient (Wildman–Crippen LogP) is 3.81. The van der Waals surface area contributed by atoms with E-state index in [2.05, 4.69) is 15.3 Å². The first kappa shape index (κ1) is 16.4. The maximum atomic E-state index is 13.2. The van der Waals surface area contributed by atoms with Crippen molar-refractivity contribution in [3.8, 4) is 0 Å². The molecule has 124 valence electrons. The molecule has 1 aromatic heterocycles. The molecule has 0 saturated heterocycles. The summed E-state index contributed by atoms with van der Waals surface area (Å²) >= 11 is 1.18. The van der Waals surface area contributed by atoms with Gasteiger partial charge in [-0.15, -0.1) is 0 Å². The summed E-state index contributed by atoms with van der Waals surface area (Å²) < 4.78 is 26.4. The highest BCUT2D eigenvalue weighted by atomic mass is 32.2. The minimum absolute atomic E-state index is 0.0989. The highest BCUT2D eigenvalue weighted by Crippen LogP contribution is 2.22. The van der Waals surface area contributed by atoms with Crippen LogP contribution in [0.2, 0.25) is 0 Å². The van der Waals surface area contributed by atoms with Crippen LogP contribution < -0.4 is 5.32 Å². The van der Waals surface area contributed by atoms with E-state index in [-0.39, 0.29) is 17.7 Å². The maximum Gasteiger partial charge on any atom is 0.230 e. The van der Waals surface area contributed by atoms with E-state index in [4.69, 9.17) is 0 Å². The molecule has 4 nitrogen and oxygen atoms in total. The summed E-state index contributed by atoms with van der Waals surface area (Å²) in [5.41, 5.74) is 1.74. The summed E-state index contributed by atoms with van der Waals surface area (Å²) in [4.78, 5) is 19.0. The first-order chi connectivity index (χ1) is 11.5. The molecule has 3 aromatic rings. The molecule has 0 aliphatic carbocycles. The minimum Gasteiger partial charge on any atom is -0.349 e. The largest absolute Gasteiger partial charge is 0.349 e. The average Bonchev–Trinajstić information content (AvgIpc) is 2.96. The number of aromatic amines is 1. The van der Waals surface area contributed by atoms with Crippen LogP contribution in [0.15, 0.2) is 47.6 Å². The Kier molecular flexibility index (Phi) is 4.80. The number of benzene rings is 2. The van der Waals surface area contributed by atoms with Gasteiger partial charge in [-0.1, -0.05) is 42.1 Å². The van der Waals surface area contributed by atoms with Crippen molar-refractivity contribution in [3.63, 3.8) is 0 Å². The number of H-pyrrole nitrogens is 1. The number of hydrogen-bond donors (Lipinski definition) is 2. The Hall–Kier alpha value is -2.41. The van der Waals surface area contributed by atoms with Gasteiger partial charge < -0.3 is 10.3 Å². The number of halogens is 2. The van der Waals surface area contributed by atoms with Crippen LogP contribution in [0.4, 0.5) is 8.78 Å². The standard InChI is InChI=1S/C17H15F2N3OS/c1-10(11-5-3-2-4-6-11)20-16(23)9-24-17-21-14-7-12(18)13(19)8-15(14)22-17/h2-8,10H,9H2,1H3,(H,20,23)(H,21,22)/t10-/m1/s1. The minimum atomic E-state index is -0.944. The van der Waals surface area contributed by atoms with Gasteiger partial charge in [-0.3, -0.25) is 4.79 Å². The summed E-state index contributed by atoms with van der Waals surface area (Å²) in [6, 6.07) is 11.6. The van der Waals surface area contributed by atoms with Crippen molar-refractivity contribution in [1.29, 1.82) is 0 Å². The van der Waals surface area contributed by atoms with Crippen LogP contribution >= 0.6 is 11.8 Å². The second-order valence-corrected chi connectivity index (χ2v) is 6.28. The fourth-order valence-corrected chi connectivity index (χ4v) is 2.99. The van der Waals surface area contributed by atoms with E-state index in [0.29, 0.717) is 16.2 Å². The third-order valence-electron chi connectivity index (χ3n) is 3.52. The molecule has 24 heavy (non-hydrogen) atoms. The van der Waals surface area contributed by atoms with Crippen LogP contribution in [0.1, 0.15) is 18.5 Å². The van der Waals surface area contributed by atoms with Crippen molar-refractivity contribution in [2.45, 2.75) is 18.1 Å². The number of carbonyl (C=O) groups excluding carboxylic acids is 1. The van der Waals surface area contributed by atoms with E-state index in [9.17, 15) is 13.6 Å². The number of fused-ring (bicyclic) bond motifs is 1. The Morgan fingerprint density at radius 1 is 1.25 bits per heavy atom. The second kappa shape index (κ2) is 7.00. The lowest BCUT2D eigenvalue weighted by Crippen LogP contribution is -2.28. The monoisotopic (exact) mass is 347 g/mol. The van der Waals surface area contributed by atoms with Gasteiger partial charge in [-0.2, -0.15) is 0 Å². The third-order valence-corrected chi connectivity index (χ3v) is 4.39. The smallest absolute Gasteiger partial charge is 0.230 e. The van der Waals surface area contributed by atoms with Crippen molar-refractivity contribution < 1.29 is 13.6 Å². The first-order valence-corrected chi connectivity index (χ1v) is 8.33. The van der Waals surface area contributed by atoms with Crippen LogP contribution in [-0.4, -0.2) is 21.6 Å². The average molecular weight is 347 g/mol. The van der Waals surface area contributed by atoms with E-state index in [1.54, 1.807) is 0 Å². The quantitative estimate of drug-likeness (QED) is 0.690. The summed E-state index contributed by atoms with van der Waals surface area (Å²) in [7, 11) is 0. The molecule has 0 fully saturated rings. The van der Waals surface area contributed by atoms with E-state index < -0.39 is 11.6 Å². The molecule has 0 spiro atoms. The fraction of sp³-hybridized carbons (Fsp3) is 0.176. The molecule has 2 aromatic carbocycles. The Morgan fingerprint density at radius 2 is 1.96 bits per heavy atom. The lowest BCUT2D eigenvalue weighted by atomic mass is 10.1. The third kappa shape index (κ3) is 3.73. The lowest BCUT2D eigenvalue weighted by Gasteiger charge is -2.13. The van der Waals surface area contributed by atoms with Gasteiger partial charge in [0.15, 0.2) is 16.8 Å². The van der Waals surface area contributed by atoms with Crippen molar-refractivity contribution in [2.75, 3.05) is 5.75 Å². The fourth-order valence-electron chi connectivity index (χ4n) is 2.29. The highest BCUT2D eigenvalue weighted by Gasteiger charge is 2.12. The van der Waals surface area contributed by atoms with E-state index in [0.717, 1.165) is 17.7 Å². The second-order valence-electron chi connectivity index (χ2n) is 5.31. The summed E-state index contributed by atoms with van der Waals surface area (Å²) in [5, 5.41) is 3.34. The van der Waals surface area contributed by atoms with E-state index in [1.165, 1.54) is 11.8 Å². The number of rotatable bonds is 5. The number of aromatic nitrogens is 2. The van der Waals surface area contributed by atoms with Crippen LogP contribution in [0.3, 0.4) is 0 Å². The molecule has 3 rings (SSSR count). The van der Waals surface area contributed by atoms with E-state index in [1.807, 2.05) is 37.3 Å². The molecular formula is C17H15F2N3OS. The van der Waals surface area contributed by atoms with Gasteiger partial charge >= 0.3 is 0 Å². The normalized spacial score (nSPS) is 12.3. The van der Waals surface area contributed by atoms with E-state index >= 15 is 0 Å². The number of imidazole rings is 1. The Morgan fingerprint density at radius 3 is 2.71 bits per heavy atom. The number of carbonyl (C=O) groups is 1. The van der Waals surface area contributed by atoms with Crippen molar-refractivity contribution >= 4 is 28.7 Å². The van der Waals surface area contributed by atoms with Gasteiger partial charge in [0, 0.05) is 12.1 Å². The van der Waals surface area contributed by atoms with Crippen molar-refractivity contribution in [2.24, 2.45) is 0 Å². The maximum absolute atomic E-state index is 13.2. The zero-order chi connectivity index (χ0) is 17.1. The lowest BCUT2D eigenvalue weighted by molar-refractivity contribution is -0.119. The first-order valence-electron chi connectivity index (χ1n) is 7.35. The van der Waals surface area contributed by atoms with Gasteiger partial charge in [-0.25, -0.2) is 13.8 Å². The Balaban J connectivity index is 1.60. The van der Waals surface area contributed by atoms with Crippen LogP contribution in [0.5, 0.6) is 0 Å². The van der Waals surface area contributed by atoms with Crippen LogP contribution in [-0.2, 0) is 4.79 Å². The van der Waals surface area contributed by atoms with Gasteiger partial charge in [0.05, 0.1) is 22.8 Å². The highest BCUT2D eigenvalue weighted by molar-refractivity contribution is 7.99. The molecule has 2 N–H and O–H groups in total. The Bertz CT molecular complexity index is 828. The molecule has 0 aliphatic heterocycles. The molecule has 1 atom stereocenters. The molecular weight excluding hydrogens is 332 g/mol. The van der Waals surface area contributed by atoms with Gasteiger partial charge in [0.1, 0.15) is 0 Å². The van der Waals surface area contributed by atoms with Crippen LogP contribution in [0.25, 0.3) is 11.0 Å². The molecule has 0 aliphatic rings. The topological polar surface area (TPSA) is 57.8 Å². The zero-order valence-corrected chi connectivity index (χ0v) is 13.7. The molecule has 0 saturated carbocycles. The summed E-state index contributed by atoms with van der Waals surface area (Å²) in [5.74, 6) is -1.87. The number of nitrogens with one attached hydrogen (secondary N) is 2. The molecule has 7 heteroatoms. The van der Waals surface area contributed by atoms with Gasteiger partial charge in [0.25, 0.3) is 0 Å². The summed E-state index contributed by atoms with van der Waals surface area (Å²) in [6.45, 7) is 1.91. The molecule has 0 bridgehead atoms. The predicted molar refractivity (Wildman–Crippen MR) is 89.7 cm³/mol. The zero-order valence-electron chi connectivity index (χ0n) is 12.8. The summed E-state index contributed by atoms with van der Waals surface area (Å²) in [6.07, 6.45) is 0. The SMILES string of the molecule is C[C@@H](NC(=O)CSc1nc2cc(F)c(F)cc2[nH]1)c1ccccc1. The number of hydrogen-bond acceptors (Lipinski definition) is 3. The van der Waals surface area contributed by atoms with Crippen LogP contribution in [0, 0.1) is 11.6 Å². The Labute approximate surface area is 141 Å². The number of amides is 1. The molecule has 0 radical (unpaired) electrons.